The lowest BCUT2D eigenvalue weighted by molar-refractivity contribution is -0.152. The monoisotopic (exact) mass is 426 g/mol. The molecule has 166 valence electrons. The number of carbonyl (C=O) groups is 3. The first-order valence-corrected chi connectivity index (χ1v) is 10.3. The number of carbonyl (C=O) groups excluding carboxylic acids is 3. The molecule has 2 amide bonds. The van der Waals surface area contributed by atoms with Gasteiger partial charge in [-0.15, -0.1) is 0 Å². The molecule has 0 radical (unpaired) electrons. The van der Waals surface area contributed by atoms with E-state index in [2.05, 4.69) is 24.5 Å². The van der Waals surface area contributed by atoms with Gasteiger partial charge in [-0.05, 0) is 68.7 Å². The molecular formula is C24H30N2O5. The maximum absolute atomic E-state index is 12.2. The normalized spacial score (nSPS) is 11.7. The summed E-state index contributed by atoms with van der Waals surface area (Å²) in [5.74, 6) is -0.519. The molecule has 0 aliphatic heterocycles. The van der Waals surface area contributed by atoms with Gasteiger partial charge in [-0.3, -0.25) is 14.4 Å². The molecule has 2 N–H and O–H groups in total. The molecule has 0 aromatic heterocycles. The zero-order valence-electron chi connectivity index (χ0n) is 18.6. The first kappa shape index (κ1) is 23.9. The average molecular weight is 427 g/mol. The third-order valence-corrected chi connectivity index (χ3v) is 4.40. The van der Waals surface area contributed by atoms with Crippen molar-refractivity contribution in [2.24, 2.45) is 0 Å². The molecule has 2 aromatic rings. The molecule has 31 heavy (non-hydrogen) atoms. The minimum absolute atomic E-state index is 0.0352. The highest BCUT2D eigenvalue weighted by molar-refractivity contribution is 5.97. The summed E-state index contributed by atoms with van der Waals surface area (Å²) >= 11 is 0. The largest absolute Gasteiger partial charge is 0.491 e. The average Bonchev–Trinajstić information content (AvgIpc) is 2.72. The zero-order valence-corrected chi connectivity index (χ0v) is 18.6. The van der Waals surface area contributed by atoms with Crippen molar-refractivity contribution in [3.05, 3.63) is 59.7 Å². The van der Waals surface area contributed by atoms with Gasteiger partial charge in [0, 0.05) is 11.3 Å². The topological polar surface area (TPSA) is 93.7 Å². The van der Waals surface area contributed by atoms with Crippen LogP contribution < -0.4 is 15.4 Å². The summed E-state index contributed by atoms with van der Waals surface area (Å²) in [5.41, 5.74) is 2.17. The number of hydrogen-bond acceptors (Lipinski definition) is 5. The van der Waals surface area contributed by atoms with Gasteiger partial charge in [0.2, 0.25) is 0 Å². The highest BCUT2D eigenvalue weighted by Gasteiger charge is 2.19. The van der Waals surface area contributed by atoms with E-state index in [1.807, 2.05) is 26.0 Å². The molecule has 0 spiro atoms. The van der Waals surface area contributed by atoms with Crippen molar-refractivity contribution in [2.45, 2.75) is 52.7 Å². The van der Waals surface area contributed by atoms with E-state index in [0.717, 1.165) is 5.56 Å². The standard InChI is InChI=1S/C24H30N2O5/c1-15(2)18-6-10-20(11-7-18)26-23(28)17(5)31-22(27)14-25-24(29)19-8-12-21(13-9-19)30-16(3)4/h6-13,15-17H,14H2,1-5H3,(H,25,29)(H,26,28)/t17-/m1/s1. The quantitative estimate of drug-likeness (QED) is 0.593. The van der Waals surface area contributed by atoms with Crippen molar-refractivity contribution in [3.63, 3.8) is 0 Å². The van der Waals surface area contributed by atoms with Gasteiger partial charge < -0.3 is 20.1 Å². The van der Waals surface area contributed by atoms with E-state index < -0.39 is 23.9 Å². The van der Waals surface area contributed by atoms with Crippen LogP contribution in [-0.4, -0.2) is 36.5 Å². The SMILES string of the molecule is CC(C)Oc1ccc(C(=O)NCC(=O)O[C@H](C)C(=O)Nc2ccc(C(C)C)cc2)cc1. The summed E-state index contributed by atoms with van der Waals surface area (Å²) in [7, 11) is 0. The maximum Gasteiger partial charge on any atom is 0.326 e. The molecule has 7 heteroatoms. The molecule has 2 aromatic carbocycles. The number of esters is 1. The smallest absolute Gasteiger partial charge is 0.326 e. The number of ether oxygens (including phenoxy) is 2. The van der Waals surface area contributed by atoms with Gasteiger partial charge >= 0.3 is 5.97 Å². The predicted octanol–water partition coefficient (Wildman–Crippen LogP) is 3.90. The van der Waals surface area contributed by atoms with Crippen LogP contribution in [0.1, 0.15) is 56.5 Å². The van der Waals surface area contributed by atoms with Crippen LogP contribution in [0.3, 0.4) is 0 Å². The fourth-order valence-corrected chi connectivity index (χ4v) is 2.70. The van der Waals surface area contributed by atoms with Crippen LogP contribution in [0, 0.1) is 0 Å². The van der Waals surface area contributed by atoms with Gasteiger partial charge in [0.1, 0.15) is 12.3 Å². The molecule has 0 saturated heterocycles. The van der Waals surface area contributed by atoms with Crippen LogP contribution >= 0.6 is 0 Å². The Labute approximate surface area is 183 Å². The minimum atomic E-state index is -0.998. The van der Waals surface area contributed by atoms with Crippen LogP contribution in [-0.2, 0) is 14.3 Å². The molecule has 0 saturated carbocycles. The van der Waals surface area contributed by atoms with E-state index >= 15 is 0 Å². The summed E-state index contributed by atoms with van der Waals surface area (Å²) in [6, 6.07) is 14.1. The van der Waals surface area contributed by atoms with Crippen molar-refractivity contribution in [1.29, 1.82) is 0 Å². The van der Waals surface area contributed by atoms with Crippen molar-refractivity contribution < 1.29 is 23.9 Å². The van der Waals surface area contributed by atoms with Gasteiger partial charge in [0.25, 0.3) is 11.8 Å². The maximum atomic E-state index is 12.2. The van der Waals surface area contributed by atoms with E-state index in [9.17, 15) is 14.4 Å². The number of amides is 2. The summed E-state index contributed by atoms with van der Waals surface area (Å²) in [6.45, 7) is 9.13. The lowest BCUT2D eigenvalue weighted by Gasteiger charge is -2.14. The first-order chi connectivity index (χ1) is 14.7. The van der Waals surface area contributed by atoms with Gasteiger partial charge in [0.05, 0.1) is 6.10 Å². The Hall–Kier alpha value is -3.35. The number of nitrogens with one attached hydrogen (secondary N) is 2. The second-order valence-electron chi connectivity index (χ2n) is 7.77. The van der Waals surface area contributed by atoms with Crippen molar-refractivity contribution >= 4 is 23.5 Å². The molecule has 0 fully saturated rings. The third-order valence-electron chi connectivity index (χ3n) is 4.40. The highest BCUT2D eigenvalue weighted by atomic mass is 16.5. The second kappa shape index (κ2) is 11.2. The number of anilines is 1. The summed E-state index contributed by atoms with van der Waals surface area (Å²) < 4.78 is 10.6. The fourth-order valence-electron chi connectivity index (χ4n) is 2.70. The molecule has 0 aliphatic rings. The second-order valence-corrected chi connectivity index (χ2v) is 7.77. The molecular weight excluding hydrogens is 396 g/mol. The third kappa shape index (κ3) is 7.77. The van der Waals surface area contributed by atoms with Crippen LogP contribution in [0.15, 0.2) is 48.5 Å². The van der Waals surface area contributed by atoms with Crippen molar-refractivity contribution in [3.8, 4) is 5.75 Å². The Bertz CT molecular complexity index is 889. The summed E-state index contributed by atoms with van der Waals surface area (Å²) in [6.07, 6.45) is -0.963. The lowest BCUT2D eigenvalue weighted by atomic mass is 10.0. The minimum Gasteiger partial charge on any atom is -0.491 e. The Kier molecular flexibility index (Phi) is 8.61. The number of rotatable bonds is 9. The van der Waals surface area contributed by atoms with Gasteiger partial charge in [-0.25, -0.2) is 0 Å². The molecule has 7 nitrogen and oxygen atoms in total. The van der Waals surface area contributed by atoms with E-state index in [-0.39, 0.29) is 12.6 Å². The van der Waals surface area contributed by atoms with Crippen LogP contribution in [0.2, 0.25) is 0 Å². The van der Waals surface area contributed by atoms with E-state index in [4.69, 9.17) is 9.47 Å². The molecule has 0 bridgehead atoms. The molecule has 2 rings (SSSR count). The van der Waals surface area contributed by atoms with Crippen molar-refractivity contribution in [2.75, 3.05) is 11.9 Å². The Morgan fingerprint density at radius 2 is 1.48 bits per heavy atom. The Morgan fingerprint density at radius 3 is 2.03 bits per heavy atom. The first-order valence-electron chi connectivity index (χ1n) is 10.3. The molecule has 1 atom stereocenters. The van der Waals surface area contributed by atoms with Gasteiger partial charge in [-0.2, -0.15) is 0 Å². The van der Waals surface area contributed by atoms with E-state index in [0.29, 0.717) is 22.9 Å². The van der Waals surface area contributed by atoms with Crippen LogP contribution in [0.4, 0.5) is 5.69 Å². The molecule has 0 aliphatic carbocycles. The predicted molar refractivity (Wildman–Crippen MR) is 119 cm³/mol. The number of benzene rings is 2. The number of hydrogen-bond donors (Lipinski definition) is 2. The lowest BCUT2D eigenvalue weighted by Crippen LogP contribution is -2.35. The molecule has 0 unspecified atom stereocenters. The van der Waals surface area contributed by atoms with Crippen LogP contribution in [0.25, 0.3) is 0 Å². The van der Waals surface area contributed by atoms with Crippen LogP contribution in [0.5, 0.6) is 5.75 Å². The van der Waals surface area contributed by atoms with Gasteiger partial charge in [-0.1, -0.05) is 26.0 Å². The van der Waals surface area contributed by atoms with Crippen molar-refractivity contribution in [1.82, 2.24) is 5.32 Å². The molecule has 0 heterocycles. The zero-order chi connectivity index (χ0) is 23.0. The summed E-state index contributed by atoms with van der Waals surface area (Å²) in [4.78, 5) is 36.4. The highest BCUT2D eigenvalue weighted by Crippen LogP contribution is 2.17. The Balaban J connectivity index is 1.79. The summed E-state index contributed by atoms with van der Waals surface area (Å²) in [5, 5.41) is 5.19. The fraction of sp³-hybridized carbons (Fsp3) is 0.375. The Morgan fingerprint density at radius 1 is 0.871 bits per heavy atom. The van der Waals surface area contributed by atoms with E-state index in [1.54, 1.807) is 36.4 Å². The van der Waals surface area contributed by atoms with E-state index in [1.165, 1.54) is 6.92 Å². The van der Waals surface area contributed by atoms with Gasteiger partial charge in [0.15, 0.2) is 6.10 Å².